The first kappa shape index (κ1) is 23.8. The summed E-state index contributed by atoms with van der Waals surface area (Å²) in [5, 5.41) is 2.75. The zero-order chi connectivity index (χ0) is 23.1. The summed E-state index contributed by atoms with van der Waals surface area (Å²) >= 11 is 0. The van der Waals surface area contributed by atoms with Crippen molar-refractivity contribution < 1.29 is 18.4 Å². The van der Waals surface area contributed by atoms with Crippen LogP contribution in [0.4, 0.5) is 14.5 Å². The summed E-state index contributed by atoms with van der Waals surface area (Å²) in [4.78, 5) is 31.1. The minimum absolute atomic E-state index is 0.00195. The lowest BCUT2D eigenvalue weighted by Crippen LogP contribution is -2.54. The number of hydrogen-bond acceptors (Lipinski definition) is 4. The summed E-state index contributed by atoms with van der Waals surface area (Å²) in [7, 11) is 0. The van der Waals surface area contributed by atoms with E-state index in [0.29, 0.717) is 51.5 Å². The van der Waals surface area contributed by atoms with Crippen molar-refractivity contribution in [3.63, 3.8) is 0 Å². The van der Waals surface area contributed by atoms with Crippen molar-refractivity contribution in [2.24, 2.45) is 0 Å². The average Bonchev–Trinajstić information content (AvgIpc) is 2.77. The minimum atomic E-state index is -0.396. The fourth-order valence-electron chi connectivity index (χ4n) is 3.81. The van der Waals surface area contributed by atoms with E-state index < -0.39 is 5.82 Å². The van der Waals surface area contributed by atoms with Crippen LogP contribution in [0, 0.1) is 11.6 Å². The third kappa shape index (κ3) is 6.58. The summed E-state index contributed by atoms with van der Waals surface area (Å²) in [5.41, 5.74) is 1.20. The van der Waals surface area contributed by atoms with Crippen molar-refractivity contribution in [1.29, 1.82) is 0 Å². The molecule has 2 amide bonds. The normalized spacial score (nSPS) is 15.9. The minimum Gasteiger partial charge on any atom is -0.338 e. The van der Waals surface area contributed by atoms with Gasteiger partial charge in [-0.2, -0.15) is 0 Å². The molecule has 6 nitrogen and oxygen atoms in total. The molecule has 1 heterocycles. The second-order valence-corrected chi connectivity index (χ2v) is 8.03. The molecule has 2 aromatic carbocycles. The van der Waals surface area contributed by atoms with E-state index in [-0.39, 0.29) is 23.7 Å². The Kier molecular flexibility index (Phi) is 8.30. The Balaban J connectivity index is 1.47. The number of hydrogen-bond donors (Lipinski definition) is 1. The van der Waals surface area contributed by atoms with Crippen molar-refractivity contribution in [2.45, 2.75) is 26.4 Å². The summed E-state index contributed by atoms with van der Waals surface area (Å²) < 4.78 is 26.8. The molecule has 172 valence electrons. The molecule has 1 aliphatic heterocycles. The molecule has 8 heteroatoms. The topological polar surface area (TPSA) is 55.9 Å². The number of amides is 2. The molecule has 0 aromatic heterocycles. The highest BCUT2D eigenvalue weighted by Gasteiger charge is 2.27. The molecule has 0 bridgehead atoms. The Morgan fingerprint density at radius 1 is 1.03 bits per heavy atom. The molecule has 0 spiro atoms. The molecule has 1 N–H and O–H groups in total. The third-order valence-corrected chi connectivity index (χ3v) is 5.78. The second-order valence-electron chi connectivity index (χ2n) is 8.03. The maximum absolute atomic E-state index is 13.4. The molecule has 3 rings (SSSR count). The summed E-state index contributed by atoms with van der Waals surface area (Å²) in [5.74, 6) is -0.889. The maximum Gasteiger partial charge on any atom is 0.241 e. The van der Waals surface area contributed by atoms with Crippen molar-refractivity contribution >= 4 is 17.5 Å². The van der Waals surface area contributed by atoms with Crippen LogP contribution in [0.15, 0.2) is 48.5 Å². The molecule has 1 fully saturated rings. The number of piperazine rings is 1. The van der Waals surface area contributed by atoms with Crippen LogP contribution >= 0.6 is 0 Å². The zero-order valence-electron chi connectivity index (χ0n) is 18.6. The molecule has 0 aliphatic carbocycles. The molecule has 1 atom stereocenters. The standard InChI is InChI=1S/C24H30F2N4O2/c1-3-29(16-19-6-4-7-20(25)14-19)23(31)17-28-10-12-30(13-11-28)18(2)24(32)27-22-9-5-8-21(26)15-22/h4-9,14-15,18H,3,10-13,16-17H2,1-2H3,(H,27,32). The maximum atomic E-state index is 13.4. The first-order valence-corrected chi connectivity index (χ1v) is 10.9. The van der Waals surface area contributed by atoms with Crippen LogP contribution in [-0.2, 0) is 16.1 Å². The predicted molar refractivity (Wildman–Crippen MR) is 120 cm³/mol. The Morgan fingerprint density at radius 2 is 1.69 bits per heavy atom. The number of halogens is 2. The summed E-state index contributed by atoms with van der Waals surface area (Å²) in [6, 6.07) is 11.8. The summed E-state index contributed by atoms with van der Waals surface area (Å²) in [6.45, 7) is 7.60. The van der Waals surface area contributed by atoms with E-state index in [1.54, 1.807) is 23.1 Å². The fraction of sp³-hybridized carbons (Fsp3) is 0.417. The van der Waals surface area contributed by atoms with Gasteiger partial charge >= 0.3 is 0 Å². The van der Waals surface area contributed by atoms with Gasteiger partial charge < -0.3 is 10.2 Å². The lowest BCUT2D eigenvalue weighted by molar-refractivity contribution is -0.133. The van der Waals surface area contributed by atoms with Gasteiger partial charge in [-0.25, -0.2) is 8.78 Å². The van der Waals surface area contributed by atoms with Gasteiger partial charge in [-0.3, -0.25) is 19.4 Å². The van der Waals surface area contributed by atoms with Crippen molar-refractivity contribution in [3.8, 4) is 0 Å². The molecule has 2 aromatic rings. The Morgan fingerprint density at radius 3 is 2.31 bits per heavy atom. The van der Waals surface area contributed by atoms with E-state index in [9.17, 15) is 18.4 Å². The lowest BCUT2D eigenvalue weighted by Gasteiger charge is -2.37. The number of nitrogens with zero attached hydrogens (tertiary/aromatic N) is 3. The summed E-state index contributed by atoms with van der Waals surface area (Å²) in [6.07, 6.45) is 0. The van der Waals surface area contributed by atoms with Crippen molar-refractivity contribution in [1.82, 2.24) is 14.7 Å². The highest BCUT2D eigenvalue weighted by Crippen LogP contribution is 2.13. The highest BCUT2D eigenvalue weighted by atomic mass is 19.1. The molecule has 0 saturated carbocycles. The van der Waals surface area contributed by atoms with Gasteiger partial charge in [-0.15, -0.1) is 0 Å². The third-order valence-electron chi connectivity index (χ3n) is 5.78. The number of benzene rings is 2. The molecular formula is C24H30F2N4O2. The quantitative estimate of drug-likeness (QED) is 0.680. The van der Waals surface area contributed by atoms with Crippen LogP contribution < -0.4 is 5.32 Å². The van der Waals surface area contributed by atoms with Crippen LogP contribution in [0.1, 0.15) is 19.4 Å². The van der Waals surface area contributed by atoms with Crippen LogP contribution in [0.5, 0.6) is 0 Å². The van der Waals surface area contributed by atoms with Gasteiger partial charge in [0.2, 0.25) is 11.8 Å². The molecule has 1 unspecified atom stereocenters. The van der Waals surface area contributed by atoms with E-state index in [2.05, 4.69) is 15.1 Å². The largest absolute Gasteiger partial charge is 0.338 e. The average molecular weight is 445 g/mol. The molecule has 0 radical (unpaired) electrons. The van der Waals surface area contributed by atoms with Crippen LogP contribution in [0.3, 0.4) is 0 Å². The van der Waals surface area contributed by atoms with Gasteiger partial charge in [-0.1, -0.05) is 18.2 Å². The van der Waals surface area contributed by atoms with E-state index in [1.165, 1.54) is 24.3 Å². The Bertz CT molecular complexity index is 932. The first-order chi connectivity index (χ1) is 15.4. The highest BCUT2D eigenvalue weighted by molar-refractivity contribution is 5.94. The van der Waals surface area contributed by atoms with Gasteiger partial charge in [0.05, 0.1) is 12.6 Å². The van der Waals surface area contributed by atoms with E-state index in [1.807, 2.05) is 19.9 Å². The van der Waals surface area contributed by atoms with Gasteiger partial charge in [0.15, 0.2) is 0 Å². The molecule has 32 heavy (non-hydrogen) atoms. The first-order valence-electron chi connectivity index (χ1n) is 10.9. The van der Waals surface area contributed by atoms with Gasteiger partial charge in [0, 0.05) is 45.0 Å². The van der Waals surface area contributed by atoms with Gasteiger partial charge in [0.1, 0.15) is 11.6 Å². The SMILES string of the molecule is CCN(Cc1cccc(F)c1)C(=O)CN1CCN(C(C)C(=O)Nc2cccc(F)c2)CC1. The van der Waals surface area contributed by atoms with Crippen LogP contribution in [-0.4, -0.2) is 71.8 Å². The monoisotopic (exact) mass is 444 g/mol. The Hall–Kier alpha value is -2.84. The lowest BCUT2D eigenvalue weighted by atomic mass is 10.2. The number of likely N-dealkylation sites (N-methyl/N-ethyl adjacent to an activating group) is 1. The Labute approximate surface area is 187 Å². The number of anilines is 1. The zero-order valence-corrected chi connectivity index (χ0v) is 18.6. The van der Waals surface area contributed by atoms with Crippen molar-refractivity contribution in [3.05, 3.63) is 65.7 Å². The van der Waals surface area contributed by atoms with Gasteiger partial charge in [0.25, 0.3) is 0 Å². The van der Waals surface area contributed by atoms with E-state index >= 15 is 0 Å². The van der Waals surface area contributed by atoms with Crippen molar-refractivity contribution in [2.75, 3.05) is 44.6 Å². The smallest absolute Gasteiger partial charge is 0.241 e. The van der Waals surface area contributed by atoms with Crippen LogP contribution in [0.2, 0.25) is 0 Å². The number of nitrogens with one attached hydrogen (secondary N) is 1. The van der Waals surface area contributed by atoms with E-state index in [0.717, 1.165) is 5.56 Å². The second kappa shape index (κ2) is 11.2. The van der Waals surface area contributed by atoms with Gasteiger partial charge in [-0.05, 0) is 49.7 Å². The van der Waals surface area contributed by atoms with Crippen LogP contribution in [0.25, 0.3) is 0 Å². The molecule has 1 saturated heterocycles. The number of carbonyl (C=O) groups is 2. The van der Waals surface area contributed by atoms with E-state index in [4.69, 9.17) is 0 Å². The number of carbonyl (C=O) groups excluding carboxylic acids is 2. The molecular weight excluding hydrogens is 414 g/mol. The fourth-order valence-corrected chi connectivity index (χ4v) is 3.81. The number of rotatable bonds is 8. The molecule has 1 aliphatic rings. The predicted octanol–water partition coefficient (Wildman–Crippen LogP) is 2.96.